The number of hydrogen-bond donors (Lipinski definition) is 1. The lowest BCUT2D eigenvalue weighted by molar-refractivity contribution is -0.112. The van der Waals surface area contributed by atoms with Gasteiger partial charge in [-0.3, -0.25) is 14.3 Å². The van der Waals surface area contributed by atoms with Crippen LogP contribution in [0.5, 0.6) is 5.75 Å². The maximum absolute atomic E-state index is 13.0. The molecular formula is C25H26N4O3. The zero-order chi connectivity index (χ0) is 23.1. The summed E-state index contributed by atoms with van der Waals surface area (Å²) in [6.45, 7) is 4.48. The van der Waals surface area contributed by atoms with Crippen LogP contribution in [0, 0.1) is 18.3 Å². The monoisotopic (exact) mass is 430 g/mol. The lowest BCUT2D eigenvalue weighted by Gasteiger charge is -2.07. The largest absolute Gasteiger partial charge is 0.494 e. The number of carbonyl (C=O) groups is 1. The van der Waals surface area contributed by atoms with E-state index in [1.54, 1.807) is 42.9 Å². The number of anilines is 1. The minimum absolute atomic E-state index is 0.0986. The summed E-state index contributed by atoms with van der Waals surface area (Å²) in [4.78, 5) is 25.7. The van der Waals surface area contributed by atoms with Gasteiger partial charge in [-0.05, 0) is 49.2 Å². The van der Waals surface area contributed by atoms with Crippen molar-refractivity contribution in [3.05, 3.63) is 81.8 Å². The number of benzene rings is 2. The third-order valence-corrected chi connectivity index (χ3v) is 5.12. The molecule has 0 saturated heterocycles. The van der Waals surface area contributed by atoms with E-state index in [0.717, 1.165) is 18.6 Å². The highest BCUT2D eigenvalue weighted by Gasteiger charge is 2.19. The topological polar surface area (TPSA) is 89.0 Å². The Morgan fingerprint density at radius 3 is 2.47 bits per heavy atom. The van der Waals surface area contributed by atoms with Gasteiger partial charge >= 0.3 is 0 Å². The number of amides is 1. The van der Waals surface area contributed by atoms with E-state index >= 15 is 0 Å². The highest BCUT2D eigenvalue weighted by molar-refractivity contribution is 6.09. The molecule has 0 saturated carbocycles. The number of nitrogens with zero attached hydrogens (tertiary/aromatic N) is 3. The van der Waals surface area contributed by atoms with Crippen LogP contribution in [0.15, 0.2) is 65.0 Å². The average molecular weight is 431 g/mol. The van der Waals surface area contributed by atoms with Crippen molar-refractivity contribution in [3.8, 4) is 17.5 Å². The van der Waals surface area contributed by atoms with Crippen LogP contribution in [-0.2, 0) is 11.8 Å². The van der Waals surface area contributed by atoms with Gasteiger partial charge in [0.25, 0.3) is 11.5 Å². The molecule has 32 heavy (non-hydrogen) atoms. The van der Waals surface area contributed by atoms with Crippen molar-refractivity contribution in [2.24, 2.45) is 7.05 Å². The average Bonchev–Trinajstić information content (AvgIpc) is 3.02. The lowest BCUT2D eigenvalue weighted by atomic mass is 10.1. The summed E-state index contributed by atoms with van der Waals surface area (Å²) < 4.78 is 8.77. The summed E-state index contributed by atoms with van der Waals surface area (Å²) in [5, 5.41) is 12.1. The first-order chi connectivity index (χ1) is 15.5. The van der Waals surface area contributed by atoms with Crippen molar-refractivity contribution in [1.82, 2.24) is 9.36 Å². The predicted molar refractivity (Wildman–Crippen MR) is 125 cm³/mol. The Morgan fingerprint density at radius 1 is 1.16 bits per heavy atom. The van der Waals surface area contributed by atoms with E-state index in [-0.39, 0.29) is 16.8 Å². The molecule has 0 aliphatic rings. The zero-order valence-electron chi connectivity index (χ0n) is 18.5. The number of hydrogen-bond acceptors (Lipinski definition) is 4. The first kappa shape index (κ1) is 22.6. The summed E-state index contributed by atoms with van der Waals surface area (Å²) in [5.74, 6) is 0.0988. The molecule has 0 bridgehead atoms. The molecule has 164 valence electrons. The number of ether oxygens (including phenoxy) is 1. The fourth-order valence-electron chi connectivity index (χ4n) is 3.20. The Balaban J connectivity index is 1.82. The molecule has 1 heterocycles. The van der Waals surface area contributed by atoms with Gasteiger partial charge in [0.2, 0.25) is 0 Å². The van der Waals surface area contributed by atoms with Gasteiger partial charge in [0.1, 0.15) is 23.1 Å². The summed E-state index contributed by atoms with van der Waals surface area (Å²) in [5.41, 5.74) is 1.63. The molecule has 1 amide bonds. The van der Waals surface area contributed by atoms with Crippen molar-refractivity contribution < 1.29 is 9.53 Å². The molecule has 0 spiro atoms. The number of nitrogens with one attached hydrogen (secondary N) is 1. The van der Waals surface area contributed by atoms with Crippen LogP contribution in [0.25, 0.3) is 11.8 Å². The van der Waals surface area contributed by atoms with Crippen molar-refractivity contribution in [1.29, 1.82) is 5.26 Å². The van der Waals surface area contributed by atoms with E-state index in [1.165, 1.54) is 10.8 Å². The van der Waals surface area contributed by atoms with E-state index in [1.807, 2.05) is 36.4 Å². The van der Waals surface area contributed by atoms with Crippen LogP contribution in [-0.4, -0.2) is 21.9 Å². The molecule has 0 aliphatic heterocycles. The smallest absolute Gasteiger partial charge is 0.295 e. The molecule has 0 radical (unpaired) electrons. The lowest BCUT2D eigenvalue weighted by Crippen LogP contribution is -2.23. The molecule has 0 aliphatic carbocycles. The molecule has 2 aromatic carbocycles. The Labute approximate surface area is 187 Å². The number of para-hydroxylation sites is 1. The molecule has 1 aromatic heterocycles. The second-order valence-electron chi connectivity index (χ2n) is 7.33. The van der Waals surface area contributed by atoms with Crippen molar-refractivity contribution in [3.63, 3.8) is 0 Å². The van der Waals surface area contributed by atoms with Crippen LogP contribution < -0.4 is 15.6 Å². The fraction of sp³-hybridized carbons (Fsp3) is 0.240. The van der Waals surface area contributed by atoms with Crippen molar-refractivity contribution in [2.75, 3.05) is 11.9 Å². The normalized spacial score (nSPS) is 11.1. The Hall–Kier alpha value is -4.05. The minimum Gasteiger partial charge on any atom is -0.494 e. The van der Waals surface area contributed by atoms with Crippen LogP contribution in [0.4, 0.5) is 5.69 Å². The van der Waals surface area contributed by atoms with Gasteiger partial charge in [-0.25, -0.2) is 4.68 Å². The highest BCUT2D eigenvalue weighted by Crippen LogP contribution is 2.17. The fourth-order valence-corrected chi connectivity index (χ4v) is 3.20. The summed E-state index contributed by atoms with van der Waals surface area (Å²) >= 11 is 0. The zero-order valence-corrected chi connectivity index (χ0v) is 18.5. The summed E-state index contributed by atoms with van der Waals surface area (Å²) in [6.07, 6.45) is 3.52. The Kier molecular flexibility index (Phi) is 7.29. The summed E-state index contributed by atoms with van der Waals surface area (Å²) in [6, 6.07) is 18.2. The van der Waals surface area contributed by atoms with E-state index in [9.17, 15) is 14.9 Å². The molecule has 7 nitrogen and oxygen atoms in total. The SMILES string of the molecule is CCCCOc1ccc(/C=C(\C#N)C(=O)Nc2c(C)n(C)n(-c3ccccc3)c2=O)cc1. The Morgan fingerprint density at radius 2 is 1.84 bits per heavy atom. The molecule has 7 heteroatoms. The van der Waals surface area contributed by atoms with E-state index in [0.29, 0.717) is 23.6 Å². The van der Waals surface area contributed by atoms with Gasteiger partial charge in [-0.15, -0.1) is 0 Å². The molecule has 0 unspecified atom stereocenters. The van der Waals surface area contributed by atoms with Gasteiger partial charge in [0.15, 0.2) is 0 Å². The highest BCUT2D eigenvalue weighted by atomic mass is 16.5. The van der Waals surface area contributed by atoms with Crippen LogP contribution >= 0.6 is 0 Å². The maximum Gasteiger partial charge on any atom is 0.295 e. The van der Waals surface area contributed by atoms with E-state index < -0.39 is 5.91 Å². The summed E-state index contributed by atoms with van der Waals surface area (Å²) in [7, 11) is 1.74. The molecule has 0 fully saturated rings. The third kappa shape index (κ3) is 4.98. The maximum atomic E-state index is 13.0. The second-order valence-corrected chi connectivity index (χ2v) is 7.33. The molecule has 3 rings (SSSR count). The van der Waals surface area contributed by atoms with Crippen molar-refractivity contribution >= 4 is 17.7 Å². The molecule has 1 N–H and O–H groups in total. The van der Waals surface area contributed by atoms with Crippen LogP contribution in [0.2, 0.25) is 0 Å². The minimum atomic E-state index is -0.637. The van der Waals surface area contributed by atoms with Gasteiger partial charge in [-0.1, -0.05) is 43.7 Å². The van der Waals surface area contributed by atoms with Crippen molar-refractivity contribution in [2.45, 2.75) is 26.7 Å². The molecule has 3 aromatic rings. The number of unbranched alkanes of at least 4 members (excludes halogenated alkanes) is 1. The molecule has 0 atom stereocenters. The van der Waals surface area contributed by atoms with Gasteiger partial charge in [-0.2, -0.15) is 5.26 Å². The first-order valence-electron chi connectivity index (χ1n) is 10.5. The quantitative estimate of drug-likeness (QED) is 0.329. The number of carbonyl (C=O) groups excluding carboxylic acids is 1. The van der Waals surface area contributed by atoms with Crippen LogP contribution in [0.1, 0.15) is 31.0 Å². The standard InChI is InChI=1S/C25H26N4O3/c1-4-5-15-32-22-13-11-19(12-14-22)16-20(17-26)24(30)27-23-18(2)28(3)29(25(23)31)21-9-7-6-8-10-21/h6-14,16H,4-5,15H2,1-3H3,(H,27,30)/b20-16+. The van der Waals surface area contributed by atoms with Gasteiger partial charge in [0, 0.05) is 7.05 Å². The predicted octanol–water partition coefficient (Wildman–Crippen LogP) is 4.21. The first-order valence-corrected chi connectivity index (χ1v) is 10.5. The van der Waals surface area contributed by atoms with E-state index in [4.69, 9.17) is 4.74 Å². The van der Waals surface area contributed by atoms with Crippen LogP contribution in [0.3, 0.4) is 0 Å². The number of nitriles is 1. The number of rotatable bonds is 8. The van der Waals surface area contributed by atoms with Gasteiger partial charge in [0.05, 0.1) is 18.0 Å². The van der Waals surface area contributed by atoms with Gasteiger partial charge < -0.3 is 10.1 Å². The number of aromatic nitrogens is 2. The van der Waals surface area contributed by atoms with E-state index in [2.05, 4.69) is 12.2 Å². The second kappa shape index (κ2) is 10.3. The Bertz CT molecular complexity index is 1210. The molecular weight excluding hydrogens is 404 g/mol. The third-order valence-electron chi connectivity index (χ3n) is 5.12.